The highest BCUT2D eigenvalue weighted by molar-refractivity contribution is 6.18. The summed E-state index contributed by atoms with van der Waals surface area (Å²) in [7, 11) is 1.60. The van der Waals surface area contributed by atoms with Crippen molar-refractivity contribution in [2.45, 2.75) is 11.7 Å². The SMILES string of the molecule is CNC(CO)C(F)(CCl)c1ccc2occc2c1. The summed E-state index contributed by atoms with van der Waals surface area (Å²) in [6, 6.07) is 6.05. The first-order chi connectivity index (χ1) is 8.65. The van der Waals surface area contributed by atoms with Gasteiger partial charge in [-0.15, -0.1) is 11.6 Å². The van der Waals surface area contributed by atoms with E-state index in [1.165, 1.54) is 0 Å². The van der Waals surface area contributed by atoms with Crippen LogP contribution in [0, 0.1) is 0 Å². The molecule has 0 bridgehead atoms. The van der Waals surface area contributed by atoms with Crippen LogP contribution < -0.4 is 5.32 Å². The lowest BCUT2D eigenvalue weighted by Crippen LogP contribution is -2.48. The second-order valence-electron chi connectivity index (χ2n) is 4.19. The Morgan fingerprint density at radius 2 is 2.28 bits per heavy atom. The van der Waals surface area contributed by atoms with E-state index in [0.717, 1.165) is 5.39 Å². The van der Waals surface area contributed by atoms with E-state index in [1.54, 1.807) is 37.6 Å². The number of aliphatic hydroxyl groups excluding tert-OH is 1. The minimum Gasteiger partial charge on any atom is -0.464 e. The van der Waals surface area contributed by atoms with Crippen LogP contribution in [0.15, 0.2) is 34.9 Å². The number of fused-ring (bicyclic) bond motifs is 1. The van der Waals surface area contributed by atoms with Gasteiger partial charge in [0.15, 0.2) is 5.67 Å². The van der Waals surface area contributed by atoms with E-state index in [1.807, 2.05) is 0 Å². The van der Waals surface area contributed by atoms with Crippen LogP contribution in [0.4, 0.5) is 4.39 Å². The first-order valence-electron chi connectivity index (χ1n) is 5.66. The zero-order valence-corrected chi connectivity index (χ0v) is 10.7. The topological polar surface area (TPSA) is 45.4 Å². The number of likely N-dealkylation sites (N-methyl/N-ethyl adjacent to an activating group) is 1. The van der Waals surface area contributed by atoms with Crippen LogP contribution in [0.25, 0.3) is 11.0 Å². The van der Waals surface area contributed by atoms with Crippen molar-refractivity contribution in [2.24, 2.45) is 0 Å². The maximum atomic E-state index is 15.0. The predicted molar refractivity (Wildman–Crippen MR) is 69.7 cm³/mol. The minimum atomic E-state index is -1.82. The molecule has 1 aromatic carbocycles. The molecule has 0 aliphatic carbocycles. The molecule has 2 aromatic rings. The quantitative estimate of drug-likeness (QED) is 0.821. The molecule has 1 aromatic heterocycles. The van der Waals surface area contributed by atoms with Gasteiger partial charge in [0.2, 0.25) is 0 Å². The molecular weight excluding hydrogens is 257 g/mol. The summed E-state index contributed by atoms with van der Waals surface area (Å²) in [5.41, 5.74) is -0.697. The van der Waals surface area contributed by atoms with Crippen molar-refractivity contribution in [3.05, 3.63) is 36.1 Å². The lowest BCUT2D eigenvalue weighted by molar-refractivity contribution is 0.0887. The van der Waals surface area contributed by atoms with Gasteiger partial charge in [0.05, 0.1) is 24.8 Å². The van der Waals surface area contributed by atoms with Crippen LogP contribution >= 0.6 is 11.6 Å². The highest BCUT2D eigenvalue weighted by Crippen LogP contribution is 2.33. The highest BCUT2D eigenvalue weighted by atomic mass is 35.5. The Balaban J connectivity index is 2.47. The second-order valence-corrected chi connectivity index (χ2v) is 4.46. The predicted octanol–water partition coefficient (Wildman–Crippen LogP) is 2.42. The standard InChI is InChI=1S/C13H15ClFNO2/c1-16-12(7-17)13(15,8-14)10-2-3-11-9(6-10)4-5-18-11/h2-6,12,16-17H,7-8H2,1H3. The zero-order chi connectivity index (χ0) is 13.2. The van der Waals surface area contributed by atoms with Crippen LogP contribution in [-0.4, -0.2) is 30.7 Å². The van der Waals surface area contributed by atoms with Crippen molar-refractivity contribution in [1.29, 1.82) is 0 Å². The summed E-state index contributed by atoms with van der Waals surface area (Å²) < 4.78 is 20.2. The molecule has 0 amide bonds. The molecule has 0 aliphatic rings. The fourth-order valence-corrected chi connectivity index (χ4v) is 2.40. The zero-order valence-electron chi connectivity index (χ0n) is 9.99. The largest absolute Gasteiger partial charge is 0.464 e. The maximum Gasteiger partial charge on any atom is 0.166 e. The van der Waals surface area contributed by atoms with Gasteiger partial charge in [0, 0.05) is 5.39 Å². The summed E-state index contributed by atoms with van der Waals surface area (Å²) in [6.07, 6.45) is 1.55. The van der Waals surface area contributed by atoms with Gasteiger partial charge < -0.3 is 14.8 Å². The minimum absolute atomic E-state index is 0.234. The number of aliphatic hydroxyl groups is 1. The smallest absolute Gasteiger partial charge is 0.166 e. The average molecular weight is 272 g/mol. The van der Waals surface area contributed by atoms with E-state index in [4.69, 9.17) is 16.0 Å². The van der Waals surface area contributed by atoms with E-state index < -0.39 is 11.7 Å². The van der Waals surface area contributed by atoms with Crippen molar-refractivity contribution >= 4 is 22.6 Å². The fraction of sp³-hybridized carbons (Fsp3) is 0.385. The molecule has 0 fully saturated rings. The number of furan rings is 1. The monoisotopic (exact) mass is 271 g/mol. The molecule has 0 radical (unpaired) electrons. The van der Waals surface area contributed by atoms with Gasteiger partial charge in [0.1, 0.15) is 5.58 Å². The molecule has 5 heteroatoms. The Hall–Kier alpha value is -1.10. The van der Waals surface area contributed by atoms with Crippen molar-refractivity contribution in [3.8, 4) is 0 Å². The molecule has 98 valence electrons. The second kappa shape index (κ2) is 5.26. The number of rotatable bonds is 5. The van der Waals surface area contributed by atoms with Crippen LogP contribution in [0.3, 0.4) is 0 Å². The third-order valence-electron chi connectivity index (χ3n) is 3.21. The molecule has 2 rings (SSSR count). The summed E-state index contributed by atoms with van der Waals surface area (Å²) >= 11 is 5.77. The van der Waals surface area contributed by atoms with Crippen LogP contribution in [-0.2, 0) is 5.67 Å². The van der Waals surface area contributed by atoms with Gasteiger partial charge in [-0.05, 0) is 30.8 Å². The third kappa shape index (κ3) is 2.11. The van der Waals surface area contributed by atoms with Gasteiger partial charge >= 0.3 is 0 Å². The van der Waals surface area contributed by atoms with Gasteiger partial charge in [-0.3, -0.25) is 0 Å². The lowest BCUT2D eigenvalue weighted by Gasteiger charge is -2.31. The molecule has 1 heterocycles. The number of alkyl halides is 2. The summed E-state index contributed by atoms with van der Waals surface area (Å²) in [5.74, 6) is -0.234. The number of hydrogen-bond donors (Lipinski definition) is 2. The van der Waals surface area contributed by atoms with Crippen molar-refractivity contribution in [2.75, 3.05) is 19.5 Å². The highest BCUT2D eigenvalue weighted by Gasteiger charge is 2.39. The van der Waals surface area contributed by atoms with Gasteiger partial charge in [-0.1, -0.05) is 6.07 Å². The van der Waals surface area contributed by atoms with Crippen LogP contribution in [0.1, 0.15) is 5.56 Å². The number of benzene rings is 1. The Kier molecular flexibility index (Phi) is 3.90. The Bertz CT molecular complexity index is 526. The van der Waals surface area contributed by atoms with Crippen LogP contribution in [0.2, 0.25) is 0 Å². The van der Waals surface area contributed by atoms with Gasteiger partial charge in [-0.25, -0.2) is 4.39 Å². The fourth-order valence-electron chi connectivity index (χ4n) is 2.06. The molecule has 3 nitrogen and oxygen atoms in total. The number of halogens is 2. The summed E-state index contributed by atoms with van der Waals surface area (Å²) in [4.78, 5) is 0. The van der Waals surface area contributed by atoms with Crippen molar-refractivity contribution in [3.63, 3.8) is 0 Å². The Morgan fingerprint density at radius 3 is 2.89 bits per heavy atom. The molecule has 0 spiro atoms. The molecule has 18 heavy (non-hydrogen) atoms. The number of hydrogen-bond acceptors (Lipinski definition) is 3. The van der Waals surface area contributed by atoms with Crippen molar-refractivity contribution < 1.29 is 13.9 Å². The van der Waals surface area contributed by atoms with Crippen LogP contribution in [0.5, 0.6) is 0 Å². The molecule has 2 atom stereocenters. The third-order valence-corrected chi connectivity index (χ3v) is 3.60. The molecule has 0 saturated carbocycles. The molecule has 2 N–H and O–H groups in total. The molecular formula is C13H15ClFNO2. The first kappa shape index (κ1) is 13.3. The van der Waals surface area contributed by atoms with E-state index >= 15 is 0 Å². The lowest BCUT2D eigenvalue weighted by atomic mass is 9.89. The first-order valence-corrected chi connectivity index (χ1v) is 6.20. The van der Waals surface area contributed by atoms with E-state index in [2.05, 4.69) is 5.32 Å². The normalized spacial score (nSPS) is 16.7. The molecule has 0 aliphatic heterocycles. The molecule has 2 unspecified atom stereocenters. The summed E-state index contributed by atoms with van der Waals surface area (Å²) in [5, 5.41) is 12.8. The van der Waals surface area contributed by atoms with Crippen molar-refractivity contribution in [1.82, 2.24) is 5.32 Å². The molecule has 0 saturated heterocycles. The Morgan fingerprint density at radius 1 is 1.50 bits per heavy atom. The average Bonchev–Trinajstić information content (AvgIpc) is 2.86. The van der Waals surface area contributed by atoms with E-state index in [-0.39, 0.29) is 12.5 Å². The Labute approximate surface area is 110 Å². The maximum absolute atomic E-state index is 15.0. The van der Waals surface area contributed by atoms with E-state index in [9.17, 15) is 9.50 Å². The number of nitrogens with one attached hydrogen (secondary N) is 1. The van der Waals surface area contributed by atoms with Gasteiger partial charge in [-0.2, -0.15) is 0 Å². The summed E-state index contributed by atoms with van der Waals surface area (Å²) in [6.45, 7) is -0.330. The van der Waals surface area contributed by atoms with Gasteiger partial charge in [0.25, 0.3) is 0 Å². The van der Waals surface area contributed by atoms with E-state index in [0.29, 0.717) is 11.1 Å².